The Labute approximate surface area is 144 Å². The van der Waals surface area contributed by atoms with Crippen LogP contribution in [-0.2, 0) is 11.3 Å². The number of allylic oxidation sites excluding steroid dienone is 2. The quantitative estimate of drug-likeness (QED) is 0.860. The van der Waals surface area contributed by atoms with Gasteiger partial charge >= 0.3 is 0 Å². The molecule has 3 N–H and O–H groups in total. The molecule has 4 rings (SSSR count). The highest BCUT2D eigenvalue weighted by Gasteiger charge is 2.21. The molecule has 1 fully saturated rings. The number of anilines is 1. The molecule has 130 valence electrons. The molecule has 0 aliphatic carbocycles. The number of carbonyl (C=O) groups is 1. The molecule has 0 bridgehead atoms. The highest BCUT2D eigenvalue weighted by atomic mass is 16.5. The van der Waals surface area contributed by atoms with Crippen molar-refractivity contribution in [1.29, 1.82) is 0 Å². The van der Waals surface area contributed by atoms with Crippen LogP contribution in [0.3, 0.4) is 0 Å². The summed E-state index contributed by atoms with van der Waals surface area (Å²) in [4.78, 5) is 15.9. The van der Waals surface area contributed by atoms with Gasteiger partial charge in [-0.1, -0.05) is 0 Å². The summed E-state index contributed by atoms with van der Waals surface area (Å²) >= 11 is 0. The van der Waals surface area contributed by atoms with E-state index in [0.29, 0.717) is 12.4 Å². The minimum Gasteiger partial charge on any atom is -0.376 e. The Balaban J connectivity index is 1.65. The number of nitrogens with two attached hydrogens (primary N) is 1. The molecule has 1 unspecified atom stereocenters. The zero-order chi connectivity index (χ0) is 17.2. The van der Waals surface area contributed by atoms with E-state index in [9.17, 15) is 4.79 Å². The smallest absolute Gasteiger partial charge is 0.288 e. The fourth-order valence-electron chi connectivity index (χ4n) is 2.97. The van der Waals surface area contributed by atoms with E-state index >= 15 is 0 Å². The van der Waals surface area contributed by atoms with Gasteiger partial charge in [0.2, 0.25) is 5.82 Å². The number of amides is 1. The minimum atomic E-state index is -0.649. The number of fused-ring (bicyclic) bond motifs is 1. The Bertz CT molecular complexity index is 843. The second-order valence-corrected chi connectivity index (χ2v) is 6.01. The van der Waals surface area contributed by atoms with Gasteiger partial charge in [0.15, 0.2) is 5.82 Å². The molecule has 0 aromatic carbocycles. The molecule has 0 radical (unpaired) electrons. The van der Waals surface area contributed by atoms with E-state index in [-0.39, 0.29) is 11.9 Å². The highest BCUT2D eigenvalue weighted by Crippen LogP contribution is 2.22. The number of hydrogen-bond acceptors (Lipinski definition) is 6. The minimum absolute atomic E-state index is 0.00194. The van der Waals surface area contributed by atoms with E-state index in [1.807, 2.05) is 24.5 Å². The Morgan fingerprint density at radius 1 is 1.44 bits per heavy atom. The summed E-state index contributed by atoms with van der Waals surface area (Å²) in [5, 5.41) is 11.6. The molecule has 1 atom stereocenters. The molecule has 2 aromatic rings. The van der Waals surface area contributed by atoms with Gasteiger partial charge in [0.1, 0.15) is 5.82 Å². The zero-order valence-electron chi connectivity index (χ0n) is 13.6. The monoisotopic (exact) mass is 341 g/mol. The molecule has 1 amide bonds. The number of nitrogens with one attached hydrogen (secondary N) is 1. The van der Waals surface area contributed by atoms with E-state index in [1.54, 1.807) is 15.6 Å². The summed E-state index contributed by atoms with van der Waals surface area (Å²) in [5.41, 5.74) is 6.15. The van der Waals surface area contributed by atoms with Crippen molar-refractivity contribution in [2.45, 2.75) is 31.9 Å². The van der Waals surface area contributed by atoms with Crippen LogP contribution in [0.5, 0.6) is 0 Å². The summed E-state index contributed by atoms with van der Waals surface area (Å²) in [6.07, 6.45) is 10.4. The third kappa shape index (κ3) is 3.18. The van der Waals surface area contributed by atoms with Crippen molar-refractivity contribution in [1.82, 2.24) is 24.5 Å². The lowest BCUT2D eigenvalue weighted by Crippen LogP contribution is -2.26. The largest absolute Gasteiger partial charge is 0.376 e. The SMILES string of the molecule is NC(=O)c1nc(C2=CNc3ccnn3C=C2)n(CC2CCCCO2)n1. The van der Waals surface area contributed by atoms with E-state index < -0.39 is 5.91 Å². The number of hydrogen-bond donors (Lipinski definition) is 2. The van der Waals surface area contributed by atoms with E-state index in [1.165, 1.54) is 0 Å². The number of carbonyl (C=O) groups excluding carboxylic acids is 1. The molecule has 9 heteroatoms. The average Bonchev–Trinajstić information content (AvgIpc) is 3.19. The fourth-order valence-corrected chi connectivity index (χ4v) is 2.97. The van der Waals surface area contributed by atoms with Gasteiger partial charge in [-0.15, -0.1) is 5.10 Å². The van der Waals surface area contributed by atoms with Crippen molar-refractivity contribution in [3.8, 4) is 0 Å². The lowest BCUT2D eigenvalue weighted by atomic mass is 10.1. The molecule has 1 saturated heterocycles. The van der Waals surface area contributed by atoms with Crippen LogP contribution in [0.15, 0.2) is 24.5 Å². The predicted octanol–water partition coefficient (Wildman–Crippen LogP) is 1.08. The number of nitrogens with zero attached hydrogens (tertiary/aromatic N) is 5. The maximum atomic E-state index is 11.5. The van der Waals surface area contributed by atoms with Crippen LogP contribution in [0.4, 0.5) is 5.82 Å². The van der Waals surface area contributed by atoms with Crippen molar-refractivity contribution < 1.29 is 9.53 Å². The van der Waals surface area contributed by atoms with Crippen LogP contribution in [0.2, 0.25) is 0 Å². The van der Waals surface area contributed by atoms with Crippen LogP contribution in [-0.4, -0.2) is 43.2 Å². The zero-order valence-corrected chi connectivity index (χ0v) is 13.6. The lowest BCUT2D eigenvalue weighted by molar-refractivity contribution is 0.00374. The van der Waals surface area contributed by atoms with Gasteiger partial charge in [-0.25, -0.2) is 14.3 Å². The van der Waals surface area contributed by atoms with Crippen molar-refractivity contribution in [2.24, 2.45) is 5.73 Å². The van der Waals surface area contributed by atoms with Crippen LogP contribution >= 0.6 is 0 Å². The Kier molecular flexibility index (Phi) is 4.06. The Morgan fingerprint density at radius 2 is 2.36 bits per heavy atom. The first-order valence-corrected chi connectivity index (χ1v) is 8.26. The average molecular weight is 341 g/mol. The van der Waals surface area contributed by atoms with Gasteiger partial charge in [-0.2, -0.15) is 5.10 Å². The van der Waals surface area contributed by atoms with Gasteiger partial charge in [0.05, 0.1) is 18.8 Å². The number of rotatable bonds is 4. The molecular weight excluding hydrogens is 322 g/mol. The standard InChI is InChI=1S/C16H19N7O2/c17-14(24)15-20-16(23(21-15)10-12-3-1-2-8-25-12)11-5-7-22-13(18-9-11)4-6-19-22/h4-7,9,12,18H,1-3,8,10H2,(H2,17,24). The van der Waals surface area contributed by atoms with Crippen molar-refractivity contribution in [3.05, 3.63) is 36.2 Å². The van der Waals surface area contributed by atoms with Crippen LogP contribution < -0.4 is 11.1 Å². The van der Waals surface area contributed by atoms with Gasteiger partial charge < -0.3 is 15.8 Å². The van der Waals surface area contributed by atoms with Crippen molar-refractivity contribution in [2.75, 3.05) is 11.9 Å². The number of ether oxygens (including phenoxy) is 1. The molecule has 4 heterocycles. The molecule has 2 aliphatic heterocycles. The normalized spacial score (nSPS) is 19.7. The molecule has 2 aliphatic rings. The fraction of sp³-hybridized carbons (Fsp3) is 0.375. The van der Waals surface area contributed by atoms with Gasteiger partial charge in [-0.3, -0.25) is 4.79 Å². The molecule has 2 aromatic heterocycles. The number of aromatic nitrogens is 5. The highest BCUT2D eigenvalue weighted by molar-refractivity contribution is 5.89. The molecule has 25 heavy (non-hydrogen) atoms. The van der Waals surface area contributed by atoms with Gasteiger partial charge in [-0.05, 0) is 25.3 Å². The summed E-state index contributed by atoms with van der Waals surface area (Å²) in [6.45, 7) is 1.29. The first-order chi connectivity index (χ1) is 12.2. The molecular formula is C16H19N7O2. The van der Waals surface area contributed by atoms with Crippen LogP contribution in [0.1, 0.15) is 35.7 Å². The lowest BCUT2D eigenvalue weighted by Gasteiger charge is -2.22. The third-order valence-electron chi connectivity index (χ3n) is 4.24. The van der Waals surface area contributed by atoms with Gasteiger partial charge in [0, 0.05) is 30.6 Å². The van der Waals surface area contributed by atoms with Crippen LogP contribution in [0, 0.1) is 0 Å². The third-order valence-corrected chi connectivity index (χ3v) is 4.24. The molecule has 0 spiro atoms. The maximum Gasteiger partial charge on any atom is 0.288 e. The first kappa shape index (κ1) is 15.6. The van der Waals surface area contributed by atoms with Crippen molar-refractivity contribution in [3.63, 3.8) is 0 Å². The van der Waals surface area contributed by atoms with E-state index in [4.69, 9.17) is 10.5 Å². The van der Waals surface area contributed by atoms with Gasteiger partial charge in [0.25, 0.3) is 5.91 Å². The van der Waals surface area contributed by atoms with E-state index in [0.717, 1.165) is 37.3 Å². The summed E-state index contributed by atoms with van der Waals surface area (Å²) in [7, 11) is 0. The van der Waals surface area contributed by atoms with Crippen LogP contribution in [0.25, 0.3) is 11.8 Å². The second-order valence-electron chi connectivity index (χ2n) is 6.01. The maximum absolute atomic E-state index is 11.5. The Hall–Kier alpha value is -2.94. The number of primary amides is 1. The summed E-state index contributed by atoms with van der Waals surface area (Å²) in [5.74, 6) is 0.756. The molecule has 0 saturated carbocycles. The summed E-state index contributed by atoms with van der Waals surface area (Å²) in [6, 6.07) is 1.86. The predicted molar refractivity (Wildman–Crippen MR) is 91.3 cm³/mol. The first-order valence-electron chi connectivity index (χ1n) is 8.26. The van der Waals surface area contributed by atoms with E-state index in [2.05, 4.69) is 20.5 Å². The molecule has 9 nitrogen and oxygen atoms in total. The topological polar surface area (TPSA) is 113 Å². The summed E-state index contributed by atoms with van der Waals surface area (Å²) < 4.78 is 9.19. The second kappa shape index (κ2) is 6.52. The Morgan fingerprint density at radius 3 is 3.16 bits per heavy atom. The van der Waals surface area contributed by atoms with Crippen molar-refractivity contribution >= 4 is 23.5 Å².